The Labute approximate surface area is 97.4 Å². The molecule has 16 heavy (non-hydrogen) atoms. The fourth-order valence-corrected chi connectivity index (χ4v) is 1.45. The molecule has 0 rings (SSSR count). The summed E-state index contributed by atoms with van der Waals surface area (Å²) in [4.78, 5) is 24.9. The van der Waals surface area contributed by atoms with Gasteiger partial charge in [-0.05, 0) is 19.8 Å². The number of hydrogen-bond acceptors (Lipinski definition) is 3. The van der Waals surface area contributed by atoms with Gasteiger partial charge in [0.05, 0.1) is 12.1 Å². The monoisotopic (exact) mass is 229 g/mol. The molecule has 0 bridgehead atoms. The maximum atomic E-state index is 12.1. The van der Waals surface area contributed by atoms with E-state index in [0.717, 1.165) is 0 Å². The number of amides is 2. The minimum Gasteiger partial charge on any atom is -0.358 e. The molecule has 94 valence electrons. The maximum Gasteiger partial charge on any atom is 0.243 e. The van der Waals surface area contributed by atoms with E-state index in [1.165, 1.54) is 4.90 Å². The van der Waals surface area contributed by atoms with Gasteiger partial charge in [-0.25, -0.2) is 0 Å². The second-order valence-electron chi connectivity index (χ2n) is 3.86. The van der Waals surface area contributed by atoms with Crippen LogP contribution in [0.25, 0.3) is 0 Å². The van der Waals surface area contributed by atoms with E-state index in [9.17, 15) is 9.59 Å². The molecule has 0 atom stereocenters. The fraction of sp³-hybridized carbons (Fsp3) is 0.818. The van der Waals surface area contributed by atoms with E-state index in [1.54, 1.807) is 7.05 Å². The van der Waals surface area contributed by atoms with Crippen LogP contribution >= 0.6 is 0 Å². The van der Waals surface area contributed by atoms with Crippen molar-refractivity contribution in [1.29, 1.82) is 0 Å². The number of hydrogen-bond donors (Lipinski definition) is 2. The summed E-state index contributed by atoms with van der Waals surface area (Å²) in [5.41, 5.74) is 5.17. The molecule has 0 aromatic heterocycles. The van der Waals surface area contributed by atoms with E-state index in [0.29, 0.717) is 19.4 Å². The Morgan fingerprint density at radius 2 is 1.75 bits per heavy atom. The Hall–Kier alpha value is -1.10. The topological polar surface area (TPSA) is 75.4 Å². The molecule has 0 aliphatic carbocycles. The van der Waals surface area contributed by atoms with E-state index in [2.05, 4.69) is 5.32 Å². The second kappa shape index (κ2) is 6.48. The standard InChI is InChI=1S/C11H23N3O2/c1-5-11(12,6-2)10(16)14(7-3)8-9(15)13-4/h5-8,12H2,1-4H3,(H,13,15). The van der Waals surface area contributed by atoms with E-state index >= 15 is 0 Å². The molecule has 0 saturated carbocycles. The van der Waals surface area contributed by atoms with Crippen LogP contribution < -0.4 is 11.1 Å². The molecule has 0 aliphatic heterocycles. The molecule has 0 saturated heterocycles. The molecule has 0 aromatic rings. The Kier molecular flexibility index (Phi) is 6.03. The fourth-order valence-electron chi connectivity index (χ4n) is 1.45. The van der Waals surface area contributed by atoms with Gasteiger partial charge in [0.15, 0.2) is 0 Å². The van der Waals surface area contributed by atoms with E-state index in [4.69, 9.17) is 5.73 Å². The van der Waals surface area contributed by atoms with Crippen LogP contribution in [0.2, 0.25) is 0 Å². The van der Waals surface area contributed by atoms with Gasteiger partial charge in [0.2, 0.25) is 11.8 Å². The first-order chi connectivity index (χ1) is 7.45. The number of likely N-dealkylation sites (N-methyl/N-ethyl adjacent to an activating group) is 2. The first kappa shape index (κ1) is 14.9. The SMILES string of the molecule is CCN(CC(=O)NC)C(=O)C(N)(CC)CC. The molecular formula is C11H23N3O2. The highest BCUT2D eigenvalue weighted by atomic mass is 16.2. The number of carbonyl (C=O) groups excluding carboxylic acids is 2. The lowest BCUT2D eigenvalue weighted by Crippen LogP contribution is -2.56. The predicted octanol–water partition coefficient (Wildman–Crippen LogP) is 0.0984. The lowest BCUT2D eigenvalue weighted by molar-refractivity contribution is -0.140. The van der Waals surface area contributed by atoms with Crippen molar-refractivity contribution in [3.63, 3.8) is 0 Å². The number of rotatable bonds is 6. The smallest absolute Gasteiger partial charge is 0.243 e. The highest BCUT2D eigenvalue weighted by Crippen LogP contribution is 2.14. The summed E-state index contributed by atoms with van der Waals surface area (Å²) in [5, 5.41) is 2.50. The van der Waals surface area contributed by atoms with Crippen LogP contribution in [0.15, 0.2) is 0 Å². The van der Waals surface area contributed by atoms with Crippen LogP contribution in [0, 0.1) is 0 Å². The van der Waals surface area contributed by atoms with Gasteiger partial charge in [-0.3, -0.25) is 9.59 Å². The summed E-state index contributed by atoms with van der Waals surface area (Å²) in [5.74, 6) is -0.326. The zero-order valence-corrected chi connectivity index (χ0v) is 10.7. The van der Waals surface area contributed by atoms with Gasteiger partial charge in [-0.2, -0.15) is 0 Å². The zero-order valence-electron chi connectivity index (χ0n) is 10.7. The first-order valence-electron chi connectivity index (χ1n) is 5.73. The molecule has 3 N–H and O–H groups in total. The van der Waals surface area contributed by atoms with Crippen LogP contribution in [0.5, 0.6) is 0 Å². The van der Waals surface area contributed by atoms with Gasteiger partial charge < -0.3 is 16.0 Å². The van der Waals surface area contributed by atoms with Gasteiger partial charge in [-0.15, -0.1) is 0 Å². The van der Waals surface area contributed by atoms with Crippen LogP contribution in [-0.2, 0) is 9.59 Å². The van der Waals surface area contributed by atoms with E-state index in [1.807, 2.05) is 20.8 Å². The van der Waals surface area contributed by atoms with Crippen molar-refractivity contribution in [2.45, 2.75) is 39.2 Å². The van der Waals surface area contributed by atoms with Gasteiger partial charge in [0.1, 0.15) is 0 Å². The average Bonchev–Trinajstić information content (AvgIpc) is 2.33. The largest absolute Gasteiger partial charge is 0.358 e. The molecule has 5 heteroatoms. The summed E-state index contributed by atoms with van der Waals surface area (Å²) in [6.45, 7) is 6.17. The first-order valence-corrected chi connectivity index (χ1v) is 5.73. The third-order valence-corrected chi connectivity index (χ3v) is 2.97. The Bertz CT molecular complexity index is 250. The predicted molar refractivity (Wildman–Crippen MR) is 63.8 cm³/mol. The number of nitrogens with one attached hydrogen (secondary N) is 1. The normalized spacial score (nSPS) is 11.1. The summed E-state index contributed by atoms with van der Waals surface area (Å²) in [7, 11) is 1.55. The third-order valence-electron chi connectivity index (χ3n) is 2.97. The van der Waals surface area contributed by atoms with Crippen molar-refractivity contribution >= 4 is 11.8 Å². The zero-order chi connectivity index (χ0) is 12.8. The van der Waals surface area contributed by atoms with Crippen LogP contribution in [0.1, 0.15) is 33.6 Å². The minimum atomic E-state index is -0.843. The molecule has 0 aromatic carbocycles. The maximum absolute atomic E-state index is 12.1. The quantitative estimate of drug-likeness (QED) is 0.678. The lowest BCUT2D eigenvalue weighted by atomic mass is 9.92. The summed E-state index contributed by atoms with van der Waals surface area (Å²) >= 11 is 0. The van der Waals surface area contributed by atoms with Crippen molar-refractivity contribution in [3.05, 3.63) is 0 Å². The van der Waals surface area contributed by atoms with Gasteiger partial charge in [0.25, 0.3) is 0 Å². The summed E-state index contributed by atoms with van der Waals surface area (Å²) in [6, 6.07) is 0. The van der Waals surface area contributed by atoms with Crippen LogP contribution in [0.4, 0.5) is 0 Å². The second-order valence-corrected chi connectivity index (χ2v) is 3.86. The van der Waals surface area contributed by atoms with E-state index < -0.39 is 5.54 Å². The lowest BCUT2D eigenvalue weighted by Gasteiger charge is -2.32. The van der Waals surface area contributed by atoms with Crippen molar-refractivity contribution in [3.8, 4) is 0 Å². The number of carbonyl (C=O) groups is 2. The molecule has 5 nitrogen and oxygen atoms in total. The summed E-state index contributed by atoms with van der Waals surface area (Å²) < 4.78 is 0. The molecule has 0 heterocycles. The minimum absolute atomic E-state index is 0.0742. The molecule has 2 amide bonds. The van der Waals surface area contributed by atoms with Gasteiger partial charge in [0, 0.05) is 13.6 Å². The Morgan fingerprint density at radius 1 is 1.25 bits per heavy atom. The average molecular weight is 229 g/mol. The molecule has 0 aliphatic rings. The van der Waals surface area contributed by atoms with Gasteiger partial charge in [-0.1, -0.05) is 13.8 Å². The molecule has 0 spiro atoms. The highest BCUT2D eigenvalue weighted by molar-refractivity contribution is 5.90. The summed E-state index contributed by atoms with van der Waals surface area (Å²) in [6.07, 6.45) is 1.15. The molecule has 0 unspecified atom stereocenters. The molecule has 0 radical (unpaired) electrons. The number of nitrogens with zero attached hydrogens (tertiary/aromatic N) is 1. The van der Waals surface area contributed by atoms with Crippen molar-refractivity contribution in [2.24, 2.45) is 5.73 Å². The van der Waals surface area contributed by atoms with Crippen molar-refractivity contribution in [2.75, 3.05) is 20.1 Å². The van der Waals surface area contributed by atoms with Crippen molar-refractivity contribution in [1.82, 2.24) is 10.2 Å². The van der Waals surface area contributed by atoms with E-state index in [-0.39, 0.29) is 18.4 Å². The van der Waals surface area contributed by atoms with Crippen LogP contribution in [-0.4, -0.2) is 42.4 Å². The van der Waals surface area contributed by atoms with Gasteiger partial charge >= 0.3 is 0 Å². The number of nitrogens with two attached hydrogens (primary N) is 1. The molecular weight excluding hydrogens is 206 g/mol. The molecule has 0 fully saturated rings. The van der Waals surface area contributed by atoms with Crippen molar-refractivity contribution < 1.29 is 9.59 Å². The highest BCUT2D eigenvalue weighted by Gasteiger charge is 2.33. The van der Waals surface area contributed by atoms with Crippen LogP contribution in [0.3, 0.4) is 0 Å². The third kappa shape index (κ3) is 3.48. The Morgan fingerprint density at radius 3 is 2.06 bits per heavy atom. The Balaban J connectivity index is 4.70.